The van der Waals surface area contributed by atoms with Crippen LogP contribution in [0.4, 0.5) is 0 Å². The van der Waals surface area contributed by atoms with Crippen LogP contribution in [0.2, 0.25) is 0 Å². The van der Waals surface area contributed by atoms with Crippen LogP contribution in [0.1, 0.15) is 34.0 Å². The molecular weight excluding hydrogens is 260 g/mol. The number of rotatable bonds is 4. The minimum atomic E-state index is -0.371. The zero-order valence-electron chi connectivity index (χ0n) is 11.8. The highest BCUT2D eigenvalue weighted by Crippen LogP contribution is 2.21. The lowest BCUT2D eigenvalue weighted by molar-refractivity contribution is 0.0229. The molecule has 4 nitrogen and oxygen atoms in total. The van der Waals surface area contributed by atoms with Crippen LogP contribution in [-0.4, -0.2) is 31.7 Å². The fourth-order valence-electron chi connectivity index (χ4n) is 1.30. The maximum absolute atomic E-state index is 12.0. The minimum Gasteiger partial charge on any atom is -0.377 e. The molecule has 1 amide bonds. The van der Waals surface area contributed by atoms with Gasteiger partial charge in [-0.3, -0.25) is 4.79 Å². The molecule has 0 aliphatic carbocycles. The second-order valence-electron chi connectivity index (χ2n) is 4.78. The van der Waals surface area contributed by atoms with Crippen LogP contribution in [-0.2, 0) is 4.74 Å². The molecule has 0 aliphatic heterocycles. The average Bonchev–Trinajstić information content (AvgIpc) is 2.75. The van der Waals surface area contributed by atoms with Crippen molar-refractivity contribution < 1.29 is 9.53 Å². The molecule has 1 aromatic heterocycles. The Labute approximate surface area is 118 Å². The smallest absolute Gasteiger partial charge is 0.261 e. The lowest BCUT2D eigenvalue weighted by Crippen LogP contribution is -2.39. The van der Waals surface area contributed by atoms with Crippen LogP contribution in [0.3, 0.4) is 0 Å². The number of amides is 1. The van der Waals surface area contributed by atoms with E-state index in [-0.39, 0.29) is 11.5 Å². The Bertz CT molecular complexity index is 509. The quantitative estimate of drug-likeness (QED) is 0.822. The van der Waals surface area contributed by atoms with Crippen molar-refractivity contribution in [2.75, 3.05) is 20.2 Å². The highest BCUT2D eigenvalue weighted by atomic mass is 32.1. The van der Waals surface area contributed by atoms with Crippen LogP contribution in [0.15, 0.2) is 6.07 Å². The number of thiophene rings is 1. The lowest BCUT2D eigenvalue weighted by atomic mass is 10.1. The molecule has 0 saturated carbocycles. The molecule has 1 aromatic rings. The van der Waals surface area contributed by atoms with Crippen molar-refractivity contribution in [3.05, 3.63) is 21.4 Å². The van der Waals surface area contributed by atoms with E-state index in [4.69, 9.17) is 10.5 Å². The molecule has 1 heterocycles. The maximum Gasteiger partial charge on any atom is 0.261 e. The summed E-state index contributed by atoms with van der Waals surface area (Å²) in [5, 5.41) is 2.86. The number of nitrogens with two attached hydrogens (primary N) is 1. The van der Waals surface area contributed by atoms with Gasteiger partial charge in [-0.05, 0) is 32.4 Å². The molecule has 0 aromatic carbocycles. The van der Waals surface area contributed by atoms with Gasteiger partial charge in [0.2, 0.25) is 0 Å². The van der Waals surface area contributed by atoms with Gasteiger partial charge >= 0.3 is 0 Å². The molecule has 0 bridgehead atoms. The first kappa shape index (κ1) is 15.7. The third-order valence-corrected chi connectivity index (χ3v) is 3.82. The summed E-state index contributed by atoms with van der Waals surface area (Å²) < 4.78 is 5.26. The minimum absolute atomic E-state index is 0.0981. The molecule has 3 N–H and O–H groups in total. The average molecular weight is 280 g/mol. The van der Waals surface area contributed by atoms with E-state index in [1.807, 2.05) is 26.8 Å². The Morgan fingerprint density at radius 2 is 2.26 bits per heavy atom. The van der Waals surface area contributed by atoms with Crippen molar-refractivity contribution in [3.8, 4) is 11.8 Å². The summed E-state index contributed by atoms with van der Waals surface area (Å²) >= 11 is 1.38. The van der Waals surface area contributed by atoms with Gasteiger partial charge in [-0.15, -0.1) is 11.3 Å². The highest BCUT2D eigenvalue weighted by Gasteiger charge is 2.19. The van der Waals surface area contributed by atoms with Gasteiger partial charge in [-0.1, -0.05) is 11.8 Å². The van der Waals surface area contributed by atoms with Gasteiger partial charge in [-0.2, -0.15) is 0 Å². The van der Waals surface area contributed by atoms with Crippen LogP contribution in [0, 0.1) is 18.8 Å². The number of nitrogens with one attached hydrogen (secondary N) is 1. The Morgan fingerprint density at radius 1 is 1.58 bits per heavy atom. The zero-order chi connectivity index (χ0) is 14.5. The Hall–Kier alpha value is -1.35. The van der Waals surface area contributed by atoms with Gasteiger partial charge in [0, 0.05) is 13.7 Å². The first-order valence-electron chi connectivity index (χ1n) is 6.02. The predicted molar refractivity (Wildman–Crippen MR) is 78.4 cm³/mol. The van der Waals surface area contributed by atoms with E-state index in [0.29, 0.717) is 18.0 Å². The summed E-state index contributed by atoms with van der Waals surface area (Å²) in [6.07, 6.45) is 0. The molecule has 104 valence electrons. The van der Waals surface area contributed by atoms with E-state index in [2.05, 4.69) is 17.2 Å². The largest absolute Gasteiger partial charge is 0.377 e. The first-order chi connectivity index (χ1) is 8.89. The van der Waals surface area contributed by atoms with Gasteiger partial charge in [0.05, 0.1) is 21.9 Å². The number of carbonyl (C=O) groups is 1. The number of ether oxygens (including phenoxy) is 1. The van der Waals surface area contributed by atoms with Gasteiger partial charge in [0.15, 0.2) is 0 Å². The molecule has 0 atom stereocenters. The third-order valence-electron chi connectivity index (χ3n) is 2.67. The Balaban J connectivity index is 2.73. The van der Waals surface area contributed by atoms with Crippen molar-refractivity contribution >= 4 is 17.2 Å². The zero-order valence-corrected chi connectivity index (χ0v) is 12.6. The van der Waals surface area contributed by atoms with Gasteiger partial charge < -0.3 is 15.8 Å². The Kier molecular flexibility index (Phi) is 5.55. The number of carbonyl (C=O) groups excluding carboxylic acids is 1. The molecule has 0 fully saturated rings. The predicted octanol–water partition coefficient (Wildman–Crippen LogP) is 1.52. The van der Waals surface area contributed by atoms with Gasteiger partial charge in [0.25, 0.3) is 5.91 Å². The maximum atomic E-state index is 12.0. The van der Waals surface area contributed by atoms with Crippen molar-refractivity contribution in [3.63, 3.8) is 0 Å². The van der Waals surface area contributed by atoms with E-state index >= 15 is 0 Å². The monoisotopic (exact) mass is 280 g/mol. The normalized spacial score (nSPS) is 10.8. The summed E-state index contributed by atoms with van der Waals surface area (Å²) in [4.78, 5) is 13.6. The molecule has 0 spiro atoms. The highest BCUT2D eigenvalue weighted by molar-refractivity contribution is 7.14. The lowest BCUT2D eigenvalue weighted by Gasteiger charge is -2.22. The SMILES string of the molecule is COC(C)(C)CNC(=O)c1cc(C)c(C#CCN)s1. The summed E-state index contributed by atoms with van der Waals surface area (Å²) in [5.41, 5.74) is 5.97. The van der Waals surface area contributed by atoms with Crippen molar-refractivity contribution in [2.45, 2.75) is 26.4 Å². The Morgan fingerprint density at radius 3 is 2.84 bits per heavy atom. The number of aryl methyl sites for hydroxylation is 1. The van der Waals surface area contributed by atoms with Crippen molar-refractivity contribution in [2.24, 2.45) is 5.73 Å². The summed E-state index contributed by atoms with van der Waals surface area (Å²) in [6.45, 7) is 6.56. The summed E-state index contributed by atoms with van der Waals surface area (Å²) in [5.74, 6) is 5.67. The van der Waals surface area contributed by atoms with E-state index in [9.17, 15) is 4.79 Å². The van der Waals surface area contributed by atoms with Gasteiger partial charge in [-0.25, -0.2) is 0 Å². The first-order valence-corrected chi connectivity index (χ1v) is 6.84. The second-order valence-corrected chi connectivity index (χ2v) is 5.83. The van der Waals surface area contributed by atoms with Gasteiger partial charge in [0.1, 0.15) is 0 Å². The topological polar surface area (TPSA) is 64.3 Å². The molecule has 0 aliphatic rings. The van der Waals surface area contributed by atoms with Crippen molar-refractivity contribution in [1.29, 1.82) is 0 Å². The van der Waals surface area contributed by atoms with E-state index < -0.39 is 0 Å². The van der Waals surface area contributed by atoms with Crippen LogP contribution in [0.25, 0.3) is 0 Å². The molecule has 5 heteroatoms. The molecular formula is C14H20N2O2S. The molecule has 0 saturated heterocycles. The fourth-order valence-corrected chi connectivity index (χ4v) is 2.27. The standard InChI is InChI=1S/C14H20N2O2S/c1-10-8-12(19-11(10)6-5-7-15)13(17)16-9-14(2,3)18-4/h8H,7,9,15H2,1-4H3,(H,16,17). The number of methoxy groups -OCH3 is 1. The van der Waals surface area contributed by atoms with E-state index in [1.165, 1.54) is 11.3 Å². The fraction of sp³-hybridized carbons (Fsp3) is 0.500. The van der Waals surface area contributed by atoms with E-state index in [0.717, 1.165) is 10.4 Å². The summed E-state index contributed by atoms with van der Waals surface area (Å²) in [7, 11) is 1.63. The van der Waals surface area contributed by atoms with Crippen LogP contribution >= 0.6 is 11.3 Å². The van der Waals surface area contributed by atoms with Crippen LogP contribution in [0.5, 0.6) is 0 Å². The van der Waals surface area contributed by atoms with Crippen LogP contribution < -0.4 is 11.1 Å². The summed E-state index contributed by atoms with van der Waals surface area (Å²) in [6, 6.07) is 1.85. The number of hydrogen-bond acceptors (Lipinski definition) is 4. The molecule has 1 rings (SSSR count). The molecule has 19 heavy (non-hydrogen) atoms. The third kappa shape index (κ3) is 4.67. The number of hydrogen-bond donors (Lipinski definition) is 2. The van der Waals surface area contributed by atoms with E-state index in [1.54, 1.807) is 7.11 Å². The second kappa shape index (κ2) is 6.71. The molecule has 0 unspecified atom stereocenters. The van der Waals surface area contributed by atoms with Crippen molar-refractivity contribution in [1.82, 2.24) is 5.32 Å². The molecule has 0 radical (unpaired) electrons.